The largest absolute Gasteiger partial charge is 0.284 e. The highest BCUT2D eigenvalue weighted by atomic mass is 32.2. The van der Waals surface area contributed by atoms with Gasteiger partial charge < -0.3 is 0 Å². The van der Waals surface area contributed by atoms with Gasteiger partial charge in [-0.3, -0.25) is 4.57 Å². The number of benzene rings is 3. The fourth-order valence-corrected chi connectivity index (χ4v) is 4.24. The van der Waals surface area contributed by atoms with Crippen molar-refractivity contribution in [3.63, 3.8) is 0 Å². The minimum Gasteiger partial charge on any atom is -0.279 e. The van der Waals surface area contributed by atoms with Gasteiger partial charge in [0.05, 0.1) is 15.9 Å². The molecule has 0 fully saturated rings. The Bertz CT molecular complexity index is 1280. The van der Waals surface area contributed by atoms with Gasteiger partial charge in [-0.05, 0) is 24.3 Å². The average molecular weight is 404 g/mol. The van der Waals surface area contributed by atoms with Gasteiger partial charge in [-0.25, -0.2) is 4.98 Å². The van der Waals surface area contributed by atoms with Gasteiger partial charge in [0.2, 0.25) is 0 Å². The zero-order chi connectivity index (χ0) is 20.4. The van der Waals surface area contributed by atoms with E-state index in [0.29, 0.717) is 11.4 Å². The topological polar surface area (TPSA) is 64.3 Å². The number of fused-ring (bicyclic) bond motifs is 1. The first-order valence-electron chi connectivity index (χ1n) is 9.40. The van der Waals surface area contributed by atoms with E-state index in [0.717, 1.165) is 16.9 Å². The first kappa shape index (κ1) is 19.1. The monoisotopic (exact) mass is 403 g/mol. The van der Waals surface area contributed by atoms with Crippen molar-refractivity contribution >= 4 is 26.9 Å². The first-order valence-corrected chi connectivity index (χ1v) is 10.8. The Hall–Kier alpha value is -3.25. The van der Waals surface area contributed by atoms with Crippen molar-refractivity contribution in [3.8, 4) is 0 Å². The molecule has 0 amide bonds. The lowest BCUT2D eigenvalue weighted by Gasteiger charge is -2.15. The number of hydrogen-bond acceptors (Lipinski definition) is 3. The van der Waals surface area contributed by atoms with E-state index in [4.69, 9.17) is 4.98 Å². The normalized spacial score (nSPS) is 12.6. The molecule has 0 radical (unpaired) electrons. The molecule has 0 aliphatic carbocycles. The molecule has 0 spiro atoms. The van der Waals surface area contributed by atoms with Crippen LogP contribution in [0.5, 0.6) is 0 Å². The molecule has 4 rings (SSSR count). The summed E-state index contributed by atoms with van der Waals surface area (Å²) in [6.07, 6.45) is 0. The summed E-state index contributed by atoms with van der Waals surface area (Å²) >= 11 is 0. The molecule has 0 saturated carbocycles. The summed E-state index contributed by atoms with van der Waals surface area (Å²) in [6.45, 7) is 4.07. The first-order chi connectivity index (χ1) is 14.0. The zero-order valence-corrected chi connectivity index (χ0v) is 17.0. The number of hydrogen-bond donors (Lipinski definition) is 0. The van der Waals surface area contributed by atoms with Gasteiger partial charge in [-0.2, -0.15) is 8.42 Å². The third kappa shape index (κ3) is 3.71. The molecule has 1 heterocycles. The Labute approximate surface area is 170 Å². The van der Waals surface area contributed by atoms with Crippen molar-refractivity contribution in [1.82, 2.24) is 9.55 Å². The van der Waals surface area contributed by atoms with Crippen LogP contribution in [0.25, 0.3) is 11.0 Å². The predicted molar refractivity (Wildman–Crippen MR) is 116 cm³/mol. The minimum atomic E-state index is -3.91. The smallest absolute Gasteiger partial charge is 0.279 e. The molecular weight excluding hydrogens is 382 g/mol. The summed E-state index contributed by atoms with van der Waals surface area (Å²) in [5.41, 5.74) is 2.33. The number of sulfonamides is 1. The van der Waals surface area contributed by atoms with Gasteiger partial charge in [0.25, 0.3) is 10.0 Å². The Morgan fingerprint density at radius 3 is 2.10 bits per heavy atom. The van der Waals surface area contributed by atoms with E-state index in [-0.39, 0.29) is 10.8 Å². The van der Waals surface area contributed by atoms with Gasteiger partial charge in [0.15, 0.2) is 5.84 Å². The summed E-state index contributed by atoms with van der Waals surface area (Å²) in [5.74, 6) is 1.18. The van der Waals surface area contributed by atoms with Gasteiger partial charge in [-0.15, -0.1) is 4.40 Å². The van der Waals surface area contributed by atoms with Crippen LogP contribution < -0.4 is 0 Å². The van der Waals surface area contributed by atoms with Crippen LogP contribution in [0.3, 0.4) is 0 Å². The lowest BCUT2D eigenvalue weighted by molar-refractivity contribution is 0.597. The molecule has 6 heteroatoms. The molecule has 0 N–H and O–H groups in total. The SMILES string of the molecule is CC(C)c1nc2ccccc2n1/C(=N/S(=O)(=O)c1ccccc1)c1ccccc1. The van der Waals surface area contributed by atoms with E-state index in [1.54, 1.807) is 30.3 Å². The number of rotatable bonds is 4. The second-order valence-corrected chi connectivity index (χ2v) is 8.62. The summed E-state index contributed by atoms with van der Waals surface area (Å²) in [5, 5.41) is 0. The summed E-state index contributed by atoms with van der Waals surface area (Å²) < 4.78 is 32.4. The number of imidazole rings is 1. The van der Waals surface area contributed by atoms with Crippen LogP contribution in [0.4, 0.5) is 0 Å². The predicted octanol–water partition coefficient (Wildman–Crippen LogP) is 4.84. The van der Waals surface area contributed by atoms with E-state index < -0.39 is 10.0 Å². The summed E-state index contributed by atoms with van der Waals surface area (Å²) in [6, 6.07) is 25.3. The molecule has 0 aliphatic rings. The van der Waals surface area contributed by atoms with Crippen molar-refractivity contribution in [2.75, 3.05) is 0 Å². The molecule has 0 saturated heterocycles. The number of nitrogens with zero attached hydrogens (tertiary/aromatic N) is 3. The van der Waals surface area contributed by atoms with E-state index in [1.165, 1.54) is 0 Å². The minimum absolute atomic E-state index is 0.0794. The highest BCUT2D eigenvalue weighted by Gasteiger charge is 2.22. The molecule has 146 valence electrons. The van der Waals surface area contributed by atoms with Crippen molar-refractivity contribution in [2.45, 2.75) is 24.7 Å². The number of aromatic nitrogens is 2. The third-order valence-electron chi connectivity index (χ3n) is 4.59. The van der Waals surface area contributed by atoms with Crippen molar-refractivity contribution in [3.05, 3.63) is 96.3 Å². The van der Waals surface area contributed by atoms with E-state index in [1.807, 2.05) is 73.0 Å². The van der Waals surface area contributed by atoms with Gasteiger partial charge >= 0.3 is 0 Å². The van der Waals surface area contributed by atoms with Crippen molar-refractivity contribution < 1.29 is 8.42 Å². The fraction of sp³-hybridized carbons (Fsp3) is 0.130. The fourth-order valence-electron chi connectivity index (χ4n) is 3.22. The van der Waals surface area contributed by atoms with Gasteiger partial charge in [-0.1, -0.05) is 74.5 Å². The van der Waals surface area contributed by atoms with E-state index >= 15 is 0 Å². The van der Waals surface area contributed by atoms with Gasteiger partial charge in [0, 0.05) is 11.5 Å². The highest BCUT2D eigenvalue weighted by Crippen LogP contribution is 2.25. The molecule has 0 bridgehead atoms. The molecule has 1 aromatic heterocycles. The summed E-state index contributed by atoms with van der Waals surface area (Å²) in [4.78, 5) is 4.91. The Balaban J connectivity index is 2.04. The Morgan fingerprint density at radius 1 is 0.862 bits per heavy atom. The second kappa shape index (κ2) is 7.64. The quantitative estimate of drug-likeness (QED) is 0.362. The van der Waals surface area contributed by atoms with Crippen LogP contribution in [0, 0.1) is 0 Å². The molecule has 0 aliphatic heterocycles. The van der Waals surface area contributed by atoms with Crippen LogP contribution in [0.1, 0.15) is 31.2 Å². The second-order valence-electron chi connectivity index (χ2n) is 7.02. The maximum atomic E-state index is 13.1. The zero-order valence-electron chi connectivity index (χ0n) is 16.2. The van der Waals surface area contributed by atoms with Crippen LogP contribution in [-0.4, -0.2) is 23.8 Å². The summed E-state index contributed by atoms with van der Waals surface area (Å²) in [7, 11) is -3.91. The molecule has 3 aromatic carbocycles. The average Bonchev–Trinajstić information content (AvgIpc) is 3.13. The van der Waals surface area contributed by atoms with Crippen molar-refractivity contribution in [2.24, 2.45) is 4.40 Å². The van der Waals surface area contributed by atoms with Crippen LogP contribution in [-0.2, 0) is 10.0 Å². The van der Waals surface area contributed by atoms with Gasteiger partial charge in [0.1, 0.15) is 5.82 Å². The highest BCUT2D eigenvalue weighted by molar-refractivity contribution is 7.90. The van der Waals surface area contributed by atoms with Crippen LogP contribution in [0.2, 0.25) is 0 Å². The van der Waals surface area contributed by atoms with Crippen molar-refractivity contribution in [1.29, 1.82) is 0 Å². The Kier molecular flexibility index (Phi) is 5.03. The van der Waals surface area contributed by atoms with E-state index in [2.05, 4.69) is 4.40 Å². The van der Waals surface area contributed by atoms with E-state index in [9.17, 15) is 8.42 Å². The molecule has 4 aromatic rings. The standard InChI is InChI=1S/C23H21N3O2S/c1-17(2)22-24-20-15-9-10-16-21(20)26(22)23(18-11-5-3-6-12-18)25-29(27,28)19-13-7-4-8-14-19/h3-17H,1-2H3/b25-23+. The molecular formula is C23H21N3O2S. The lowest BCUT2D eigenvalue weighted by atomic mass is 10.1. The maximum Gasteiger partial charge on any atom is 0.284 e. The molecule has 0 atom stereocenters. The molecule has 5 nitrogen and oxygen atoms in total. The third-order valence-corrected chi connectivity index (χ3v) is 5.88. The van der Waals surface area contributed by atoms with Crippen LogP contribution in [0.15, 0.2) is 94.2 Å². The van der Waals surface area contributed by atoms with Crippen LogP contribution >= 0.6 is 0 Å². The lowest BCUT2D eigenvalue weighted by Crippen LogP contribution is -2.19. The Morgan fingerprint density at radius 2 is 1.45 bits per heavy atom. The molecule has 29 heavy (non-hydrogen) atoms. The number of para-hydroxylation sites is 2. The molecule has 0 unspecified atom stereocenters. The maximum absolute atomic E-state index is 13.1.